The molecule has 1 unspecified atom stereocenters. The highest BCUT2D eigenvalue weighted by molar-refractivity contribution is 5.71. The zero-order valence-corrected chi connectivity index (χ0v) is 21.9. The summed E-state index contributed by atoms with van der Waals surface area (Å²) < 4.78 is 0. The lowest BCUT2D eigenvalue weighted by Crippen LogP contribution is -2.18. The Bertz CT molecular complexity index is 386. The molecule has 0 heterocycles. The van der Waals surface area contributed by atoms with Crippen LogP contribution in [0.25, 0.3) is 0 Å². The standard InChI is InChI=1S/C29H58O4/c30-27-25-23-21-19-17-15-13-11-9-7-5-3-1-2-4-6-8-10-12-14-16-18-20-22-24-26-28(31)29(32)33/h28,30-31H,1-27H2,(H,32,33). The zero-order chi connectivity index (χ0) is 24.2. The van der Waals surface area contributed by atoms with E-state index in [0.717, 1.165) is 19.3 Å². The Morgan fingerprint density at radius 2 is 0.636 bits per heavy atom. The molecule has 0 aliphatic carbocycles. The fraction of sp³-hybridized carbons (Fsp3) is 0.966. The van der Waals surface area contributed by atoms with Crippen LogP contribution in [0.15, 0.2) is 0 Å². The molecule has 4 nitrogen and oxygen atoms in total. The van der Waals surface area contributed by atoms with Crippen LogP contribution in [0.2, 0.25) is 0 Å². The van der Waals surface area contributed by atoms with Crippen molar-refractivity contribution in [3.05, 3.63) is 0 Å². The summed E-state index contributed by atoms with van der Waals surface area (Å²) in [5.74, 6) is -1.09. The zero-order valence-electron chi connectivity index (χ0n) is 21.9. The summed E-state index contributed by atoms with van der Waals surface area (Å²) in [6.45, 7) is 0.359. The van der Waals surface area contributed by atoms with Crippen molar-refractivity contribution in [2.45, 2.75) is 173 Å². The molecule has 4 heteroatoms. The smallest absolute Gasteiger partial charge is 0.332 e. The summed E-state index contributed by atoms with van der Waals surface area (Å²) in [5, 5.41) is 26.6. The van der Waals surface area contributed by atoms with E-state index < -0.39 is 12.1 Å². The van der Waals surface area contributed by atoms with E-state index in [1.807, 2.05) is 0 Å². The van der Waals surface area contributed by atoms with Crippen LogP contribution >= 0.6 is 0 Å². The van der Waals surface area contributed by atoms with Gasteiger partial charge in [-0.3, -0.25) is 0 Å². The van der Waals surface area contributed by atoms with Crippen molar-refractivity contribution in [1.82, 2.24) is 0 Å². The first-order valence-corrected chi connectivity index (χ1v) is 14.7. The van der Waals surface area contributed by atoms with Crippen molar-refractivity contribution in [3.8, 4) is 0 Å². The Morgan fingerprint density at radius 3 is 0.848 bits per heavy atom. The molecule has 0 saturated heterocycles. The second-order valence-corrected chi connectivity index (χ2v) is 10.2. The number of hydrogen-bond acceptors (Lipinski definition) is 3. The Labute approximate surface area is 206 Å². The number of carbonyl (C=O) groups is 1. The van der Waals surface area contributed by atoms with Crippen LogP contribution in [0.1, 0.15) is 167 Å². The molecule has 1 atom stereocenters. The van der Waals surface area contributed by atoms with Gasteiger partial charge in [-0.1, -0.05) is 154 Å². The molecule has 0 aliphatic heterocycles. The van der Waals surface area contributed by atoms with Gasteiger partial charge in [0.1, 0.15) is 0 Å². The SMILES string of the molecule is O=C(O)C(O)CCCCCCCCCCCCCCCCCCCCCCCCCCCO. The molecule has 198 valence electrons. The summed E-state index contributed by atoms with van der Waals surface area (Å²) in [6.07, 6.45) is 32.1. The number of carboxylic acids is 1. The highest BCUT2D eigenvalue weighted by Crippen LogP contribution is 2.16. The summed E-state index contributed by atoms with van der Waals surface area (Å²) in [4.78, 5) is 10.5. The van der Waals surface area contributed by atoms with Crippen LogP contribution in [-0.4, -0.2) is 34.0 Å². The van der Waals surface area contributed by atoms with Crippen LogP contribution in [0.4, 0.5) is 0 Å². The molecule has 0 rings (SSSR count). The minimum atomic E-state index is -1.17. The normalized spacial score (nSPS) is 12.3. The molecule has 0 aromatic heterocycles. The molecule has 0 fully saturated rings. The first kappa shape index (κ1) is 32.4. The number of carboxylic acid groups (broad SMARTS) is 1. The maximum atomic E-state index is 10.5. The minimum Gasteiger partial charge on any atom is -0.479 e. The maximum absolute atomic E-state index is 10.5. The Morgan fingerprint density at radius 1 is 0.424 bits per heavy atom. The van der Waals surface area contributed by atoms with E-state index in [1.165, 1.54) is 141 Å². The molecule has 0 aliphatic rings. The largest absolute Gasteiger partial charge is 0.479 e. The molecular formula is C29H58O4. The molecule has 0 spiro atoms. The van der Waals surface area contributed by atoms with Crippen molar-refractivity contribution < 1.29 is 20.1 Å². The van der Waals surface area contributed by atoms with Gasteiger partial charge in [-0.15, -0.1) is 0 Å². The molecule has 0 saturated carbocycles. The third-order valence-electron chi connectivity index (χ3n) is 6.92. The van der Waals surface area contributed by atoms with Crippen LogP contribution in [-0.2, 0) is 4.79 Å². The van der Waals surface area contributed by atoms with Crippen LogP contribution in [0, 0.1) is 0 Å². The molecule has 3 N–H and O–H groups in total. The summed E-state index contributed by atoms with van der Waals surface area (Å²) in [5.41, 5.74) is 0. The fourth-order valence-corrected chi connectivity index (χ4v) is 4.64. The van der Waals surface area contributed by atoms with E-state index in [0.29, 0.717) is 13.0 Å². The Hall–Kier alpha value is -0.610. The number of unbranched alkanes of at least 4 members (excludes halogenated alkanes) is 24. The van der Waals surface area contributed by atoms with Gasteiger partial charge >= 0.3 is 5.97 Å². The fourth-order valence-electron chi connectivity index (χ4n) is 4.64. The predicted octanol–water partition coefficient (Wildman–Crippen LogP) is 8.57. The molecule has 0 amide bonds. The summed E-state index contributed by atoms with van der Waals surface area (Å²) in [6, 6.07) is 0. The topological polar surface area (TPSA) is 77.8 Å². The number of aliphatic carboxylic acids is 1. The molecular weight excluding hydrogens is 412 g/mol. The number of aliphatic hydroxyl groups excluding tert-OH is 2. The maximum Gasteiger partial charge on any atom is 0.332 e. The lowest BCUT2D eigenvalue weighted by molar-refractivity contribution is -0.146. The van der Waals surface area contributed by atoms with Crippen LogP contribution in [0.3, 0.4) is 0 Å². The molecule has 33 heavy (non-hydrogen) atoms. The van der Waals surface area contributed by atoms with Crippen LogP contribution < -0.4 is 0 Å². The minimum absolute atomic E-state index is 0.359. The average molecular weight is 471 g/mol. The van der Waals surface area contributed by atoms with Crippen LogP contribution in [0.5, 0.6) is 0 Å². The van der Waals surface area contributed by atoms with Gasteiger partial charge in [-0.05, 0) is 12.8 Å². The molecule has 0 bridgehead atoms. The van der Waals surface area contributed by atoms with E-state index in [4.69, 9.17) is 10.2 Å². The van der Waals surface area contributed by atoms with E-state index in [1.54, 1.807) is 0 Å². The van der Waals surface area contributed by atoms with Gasteiger partial charge in [0, 0.05) is 6.61 Å². The monoisotopic (exact) mass is 470 g/mol. The number of rotatable bonds is 28. The quantitative estimate of drug-likeness (QED) is 0.100. The van der Waals surface area contributed by atoms with Gasteiger partial charge in [0.25, 0.3) is 0 Å². The van der Waals surface area contributed by atoms with Gasteiger partial charge in [-0.2, -0.15) is 0 Å². The van der Waals surface area contributed by atoms with Crippen molar-refractivity contribution in [3.63, 3.8) is 0 Å². The predicted molar refractivity (Wildman–Crippen MR) is 141 cm³/mol. The number of hydrogen-bond donors (Lipinski definition) is 3. The highest BCUT2D eigenvalue weighted by Gasteiger charge is 2.11. The Balaban J connectivity index is 3.04. The lowest BCUT2D eigenvalue weighted by atomic mass is 10.0. The highest BCUT2D eigenvalue weighted by atomic mass is 16.4. The van der Waals surface area contributed by atoms with Gasteiger partial charge in [-0.25, -0.2) is 4.79 Å². The van der Waals surface area contributed by atoms with E-state index >= 15 is 0 Å². The van der Waals surface area contributed by atoms with Crippen molar-refractivity contribution >= 4 is 5.97 Å². The Kier molecular flexibility index (Phi) is 27.1. The van der Waals surface area contributed by atoms with Gasteiger partial charge in [0.2, 0.25) is 0 Å². The molecule has 0 radical (unpaired) electrons. The third-order valence-corrected chi connectivity index (χ3v) is 6.92. The first-order valence-electron chi connectivity index (χ1n) is 14.7. The summed E-state index contributed by atoms with van der Waals surface area (Å²) in [7, 11) is 0. The first-order chi connectivity index (χ1) is 16.2. The molecule has 0 aromatic rings. The number of aliphatic hydroxyl groups is 2. The van der Waals surface area contributed by atoms with E-state index in [9.17, 15) is 9.90 Å². The second kappa shape index (κ2) is 27.6. The van der Waals surface area contributed by atoms with Gasteiger partial charge < -0.3 is 15.3 Å². The average Bonchev–Trinajstić information content (AvgIpc) is 2.81. The van der Waals surface area contributed by atoms with Crippen molar-refractivity contribution in [2.75, 3.05) is 6.61 Å². The van der Waals surface area contributed by atoms with Gasteiger partial charge in [0.05, 0.1) is 0 Å². The van der Waals surface area contributed by atoms with Gasteiger partial charge in [0.15, 0.2) is 6.10 Å². The lowest BCUT2D eigenvalue weighted by Gasteiger charge is -2.05. The summed E-state index contributed by atoms with van der Waals surface area (Å²) >= 11 is 0. The van der Waals surface area contributed by atoms with Crippen molar-refractivity contribution in [1.29, 1.82) is 0 Å². The molecule has 0 aromatic carbocycles. The van der Waals surface area contributed by atoms with E-state index in [2.05, 4.69) is 0 Å². The second-order valence-electron chi connectivity index (χ2n) is 10.2. The van der Waals surface area contributed by atoms with Crippen molar-refractivity contribution in [2.24, 2.45) is 0 Å². The third kappa shape index (κ3) is 27.5. The van der Waals surface area contributed by atoms with E-state index in [-0.39, 0.29) is 0 Å².